The zero-order valence-corrected chi connectivity index (χ0v) is 26.4. The SMILES string of the molecule is O=C(NCc1cccc(C(=O)NCCO)c1)C1=C[C@H]2OCO[C@H]2[C@H](OC(=O)c2ccc(C=CCO[C@H]3O[C@H](CO)[C@H](O)[C@H](O)[C@H]3O)cc2)C1. The number of benzene rings is 2. The highest BCUT2D eigenvalue weighted by Crippen LogP contribution is 2.31. The zero-order chi connectivity index (χ0) is 34.9. The van der Waals surface area contributed by atoms with E-state index in [1.54, 1.807) is 66.8 Å². The van der Waals surface area contributed by atoms with E-state index in [4.69, 9.17) is 28.8 Å². The Morgan fingerprint density at radius 1 is 0.918 bits per heavy atom. The highest BCUT2D eigenvalue weighted by atomic mass is 16.7. The fraction of sp³-hybridized carbons (Fsp3) is 0.441. The lowest BCUT2D eigenvalue weighted by atomic mass is 9.91. The van der Waals surface area contributed by atoms with Gasteiger partial charge in [-0.05, 0) is 41.5 Å². The largest absolute Gasteiger partial charge is 0.456 e. The predicted octanol–water partition coefficient (Wildman–Crippen LogP) is -0.848. The van der Waals surface area contributed by atoms with E-state index in [9.17, 15) is 34.8 Å². The molecular formula is C34H40N2O13. The molecule has 5 rings (SSSR count). The summed E-state index contributed by atoms with van der Waals surface area (Å²) in [6, 6.07) is 13.3. The molecule has 0 radical (unpaired) electrons. The summed E-state index contributed by atoms with van der Waals surface area (Å²) in [5.74, 6) is -1.33. The third-order valence-corrected chi connectivity index (χ3v) is 8.25. The van der Waals surface area contributed by atoms with E-state index in [0.717, 1.165) is 5.56 Å². The third-order valence-electron chi connectivity index (χ3n) is 8.25. The van der Waals surface area contributed by atoms with Crippen molar-refractivity contribution in [2.75, 3.05) is 33.2 Å². The Labute approximate surface area is 281 Å². The number of hydrogen-bond donors (Lipinski definition) is 7. The van der Waals surface area contributed by atoms with Gasteiger partial charge in [0.05, 0.1) is 25.4 Å². The summed E-state index contributed by atoms with van der Waals surface area (Å²) < 4.78 is 27.8. The molecule has 2 amide bonds. The highest BCUT2D eigenvalue weighted by molar-refractivity contribution is 5.95. The van der Waals surface area contributed by atoms with Crippen LogP contribution in [0.5, 0.6) is 0 Å². The van der Waals surface area contributed by atoms with Crippen LogP contribution < -0.4 is 10.6 Å². The molecule has 0 unspecified atom stereocenters. The number of fused-ring (bicyclic) bond motifs is 1. The first-order valence-corrected chi connectivity index (χ1v) is 15.8. The number of carbonyl (C=O) groups excluding carboxylic acids is 3. The summed E-state index contributed by atoms with van der Waals surface area (Å²) >= 11 is 0. The van der Waals surface area contributed by atoms with Crippen LogP contribution in [-0.4, -0.2) is 125 Å². The van der Waals surface area contributed by atoms with Crippen LogP contribution in [0.25, 0.3) is 6.08 Å². The number of amides is 2. The van der Waals surface area contributed by atoms with Crippen LogP contribution in [0.15, 0.2) is 66.3 Å². The standard InChI is InChI=1S/C34H40N2O13/c37-11-10-35-31(42)22-5-1-3-20(13-22)16-36-32(43)23-14-24-30(47-18-46-24)25(15-23)48-33(44)21-8-6-19(7-9-21)4-2-12-45-34-29(41)28(40)27(39)26(17-38)49-34/h1-9,13-14,24-30,34,37-41H,10-12,15-18H2,(H,35,42)(H,36,43)/t24-,25-,26-,27+,28+,29-,30-,34+/m1/s1. The molecular weight excluding hydrogens is 644 g/mol. The monoisotopic (exact) mass is 684 g/mol. The molecule has 2 fully saturated rings. The van der Waals surface area contributed by atoms with Gasteiger partial charge in [0.2, 0.25) is 5.91 Å². The number of carbonyl (C=O) groups is 3. The molecule has 2 saturated heterocycles. The molecule has 2 aliphatic heterocycles. The first-order chi connectivity index (χ1) is 23.7. The van der Waals surface area contributed by atoms with Crippen LogP contribution in [0.2, 0.25) is 0 Å². The molecule has 2 heterocycles. The van der Waals surface area contributed by atoms with Gasteiger partial charge in [-0.2, -0.15) is 0 Å². The molecule has 0 bridgehead atoms. The minimum Gasteiger partial charge on any atom is -0.456 e. The lowest BCUT2D eigenvalue weighted by Crippen LogP contribution is -2.59. The number of ether oxygens (including phenoxy) is 5. The van der Waals surface area contributed by atoms with Crippen molar-refractivity contribution in [1.29, 1.82) is 0 Å². The van der Waals surface area contributed by atoms with Gasteiger partial charge >= 0.3 is 5.97 Å². The number of rotatable bonds is 13. The molecule has 0 spiro atoms. The van der Waals surface area contributed by atoms with Gasteiger partial charge in [-0.25, -0.2) is 4.79 Å². The Morgan fingerprint density at radius 3 is 2.47 bits per heavy atom. The van der Waals surface area contributed by atoms with Crippen LogP contribution in [0.4, 0.5) is 0 Å². The van der Waals surface area contributed by atoms with E-state index in [0.29, 0.717) is 16.7 Å². The molecule has 8 atom stereocenters. The van der Waals surface area contributed by atoms with E-state index in [1.165, 1.54) is 0 Å². The van der Waals surface area contributed by atoms with Gasteiger partial charge in [0.25, 0.3) is 5.91 Å². The van der Waals surface area contributed by atoms with Gasteiger partial charge < -0.3 is 59.9 Å². The van der Waals surface area contributed by atoms with Crippen molar-refractivity contribution >= 4 is 23.9 Å². The number of aliphatic hydroxyl groups excluding tert-OH is 5. The minimum absolute atomic E-state index is 0.0128. The topological polar surface area (TPSA) is 223 Å². The molecule has 3 aliphatic rings. The second-order valence-electron chi connectivity index (χ2n) is 11.6. The Bertz CT molecular complexity index is 1510. The van der Waals surface area contributed by atoms with Crippen LogP contribution in [0.3, 0.4) is 0 Å². The van der Waals surface area contributed by atoms with Gasteiger partial charge in [-0.3, -0.25) is 9.59 Å². The number of aliphatic hydroxyl groups is 5. The second-order valence-corrected chi connectivity index (χ2v) is 11.6. The van der Waals surface area contributed by atoms with E-state index >= 15 is 0 Å². The average molecular weight is 685 g/mol. The van der Waals surface area contributed by atoms with Crippen molar-refractivity contribution in [3.05, 3.63) is 88.5 Å². The lowest BCUT2D eigenvalue weighted by molar-refractivity contribution is -0.298. The van der Waals surface area contributed by atoms with Gasteiger partial charge in [-0.15, -0.1) is 0 Å². The molecule has 49 heavy (non-hydrogen) atoms. The molecule has 15 heteroatoms. The maximum Gasteiger partial charge on any atom is 0.338 e. The van der Waals surface area contributed by atoms with E-state index < -0.39 is 61.6 Å². The summed E-state index contributed by atoms with van der Waals surface area (Å²) in [5, 5.41) is 53.5. The zero-order valence-electron chi connectivity index (χ0n) is 26.4. The molecule has 2 aromatic carbocycles. The average Bonchev–Trinajstić information content (AvgIpc) is 3.61. The van der Waals surface area contributed by atoms with Crippen LogP contribution in [-0.2, 0) is 35.0 Å². The summed E-state index contributed by atoms with van der Waals surface area (Å²) in [6.07, 6.45) is -3.69. The van der Waals surface area contributed by atoms with Crippen molar-refractivity contribution in [3.8, 4) is 0 Å². The quantitative estimate of drug-likeness (QED) is 0.128. The minimum atomic E-state index is -1.53. The first kappa shape index (κ1) is 36.3. The molecule has 15 nitrogen and oxygen atoms in total. The van der Waals surface area contributed by atoms with Gasteiger partial charge in [0.1, 0.15) is 49.5 Å². The van der Waals surface area contributed by atoms with Crippen molar-refractivity contribution < 1.29 is 63.6 Å². The summed E-state index contributed by atoms with van der Waals surface area (Å²) in [6.45, 7) is -0.485. The second kappa shape index (κ2) is 17.1. The van der Waals surface area contributed by atoms with Crippen LogP contribution in [0, 0.1) is 0 Å². The van der Waals surface area contributed by atoms with Crippen LogP contribution >= 0.6 is 0 Å². The van der Waals surface area contributed by atoms with E-state index in [2.05, 4.69) is 10.6 Å². The Hall–Kier alpha value is -4.03. The molecule has 2 aromatic rings. The predicted molar refractivity (Wildman–Crippen MR) is 169 cm³/mol. The Balaban J connectivity index is 1.13. The first-order valence-electron chi connectivity index (χ1n) is 15.8. The number of nitrogens with one attached hydrogen (secondary N) is 2. The molecule has 7 N–H and O–H groups in total. The van der Waals surface area contributed by atoms with Crippen molar-refractivity contribution in [2.45, 2.75) is 62.0 Å². The fourth-order valence-electron chi connectivity index (χ4n) is 5.59. The molecule has 0 aromatic heterocycles. The molecule has 264 valence electrons. The fourth-order valence-corrected chi connectivity index (χ4v) is 5.59. The number of esters is 1. The Morgan fingerprint density at radius 2 is 1.71 bits per heavy atom. The van der Waals surface area contributed by atoms with Crippen molar-refractivity contribution in [1.82, 2.24) is 10.6 Å². The summed E-state index contributed by atoms with van der Waals surface area (Å²) in [5.41, 5.74) is 2.45. The lowest BCUT2D eigenvalue weighted by Gasteiger charge is -2.39. The third kappa shape index (κ3) is 9.16. The van der Waals surface area contributed by atoms with Gasteiger partial charge in [-0.1, -0.05) is 36.4 Å². The van der Waals surface area contributed by atoms with Gasteiger partial charge in [0, 0.05) is 30.6 Å². The summed E-state index contributed by atoms with van der Waals surface area (Å²) in [7, 11) is 0. The normalized spacial score (nSPS) is 28.1. The maximum absolute atomic E-state index is 13.1. The van der Waals surface area contributed by atoms with E-state index in [-0.39, 0.29) is 56.9 Å². The summed E-state index contributed by atoms with van der Waals surface area (Å²) in [4.78, 5) is 38.5. The van der Waals surface area contributed by atoms with Crippen molar-refractivity contribution in [2.24, 2.45) is 0 Å². The van der Waals surface area contributed by atoms with E-state index in [1.807, 2.05) is 0 Å². The highest BCUT2D eigenvalue weighted by Gasteiger charge is 2.44. The smallest absolute Gasteiger partial charge is 0.338 e. The van der Waals surface area contributed by atoms with Crippen LogP contribution in [0.1, 0.15) is 38.3 Å². The van der Waals surface area contributed by atoms with Gasteiger partial charge in [0.15, 0.2) is 6.29 Å². The van der Waals surface area contributed by atoms with Crippen molar-refractivity contribution in [3.63, 3.8) is 0 Å². The maximum atomic E-state index is 13.1. The molecule has 1 aliphatic carbocycles. The number of hydrogen-bond acceptors (Lipinski definition) is 13. The molecule has 0 saturated carbocycles. The Kier molecular flexibility index (Phi) is 12.6.